The fourth-order valence-corrected chi connectivity index (χ4v) is 3.52. The number of hydrogen-bond acceptors (Lipinski definition) is 4. The van der Waals surface area contributed by atoms with Gasteiger partial charge >= 0.3 is 0 Å². The third-order valence-electron chi connectivity index (χ3n) is 5.05. The molecule has 1 saturated heterocycles. The van der Waals surface area contributed by atoms with Crippen molar-refractivity contribution in [2.45, 2.75) is 31.7 Å². The van der Waals surface area contributed by atoms with Crippen LogP contribution in [0.5, 0.6) is 0 Å². The van der Waals surface area contributed by atoms with Gasteiger partial charge in [-0.1, -0.05) is 48.5 Å². The molecule has 4 nitrogen and oxygen atoms in total. The summed E-state index contributed by atoms with van der Waals surface area (Å²) in [5.41, 5.74) is 3.33. The zero-order valence-corrected chi connectivity index (χ0v) is 15.1. The van der Waals surface area contributed by atoms with E-state index in [0.717, 1.165) is 30.6 Å². The third kappa shape index (κ3) is 4.03. The maximum Gasteiger partial charge on any atom is 0.112 e. The topological polar surface area (TPSA) is 37.4 Å². The van der Waals surface area contributed by atoms with E-state index < -0.39 is 0 Å². The van der Waals surface area contributed by atoms with Gasteiger partial charge in [0.2, 0.25) is 0 Å². The van der Waals surface area contributed by atoms with Crippen LogP contribution in [0.25, 0.3) is 10.9 Å². The lowest BCUT2D eigenvalue weighted by Crippen LogP contribution is -2.45. The largest absolute Gasteiger partial charge is 0.381 e. The van der Waals surface area contributed by atoms with E-state index in [1.165, 1.54) is 10.9 Å². The van der Waals surface area contributed by atoms with Crippen LogP contribution < -0.4 is 5.32 Å². The lowest BCUT2D eigenvalue weighted by atomic mass is 10.0. The van der Waals surface area contributed by atoms with Crippen LogP contribution in [-0.4, -0.2) is 35.7 Å². The van der Waals surface area contributed by atoms with E-state index in [4.69, 9.17) is 4.74 Å². The Labute approximate surface area is 154 Å². The number of anilines is 1. The number of para-hydroxylation sites is 1. The smallest absolute Gasteiger partial charge is 0.112 e. The number of nitrogens with zero attached hydrogens (tertiary/aromatic N) is 2. The van der Waals surface area contributed by atoms with Gasteiger partial charge in [-0.2, -0.15) is 0 Å². The molecule has 3 aromatic rings. The Hall–Kier alpha value is -2.43. The quantitative estimate of drug-likeness (QED) is 0.747. The highest BCUT2D eigenvalue weighted by Crippen LogP contribution is 2.23. The summed E-state index contributed by atoms with van der Waals surface area (Å²) in [5.74, 6) is 0. The Morgan fingerprint density at radius 1 is 1.12 bits per heavy atom. The van der Waals surface area contributed by atoms with Gasteiger partial charge in [0.1, 0.15) is 6.23 Å². The zero-order valence-electron chi connectivity index (χ0n) is 15.1. The van der Waals surface area contributed by atoms with E-state index in [2.05, 4.69) is 64.7 Å². The normalized spacial score (nSPS) is 21.0. The molecular formula is C22H25N3O. The maximum atomic E-state index is 6.19. The SMILES string of the molecule is CN1CCC(Nc2cnc3ccccc3c2)CC1OCc1ccccc1. The summed E-state index contributed by atoms with van der Waals surface area (Å²) >= 11 is 0. The van der Waals surface area contributed by atoms with E-state index in [9.17, 15) is 0 Å². The first-order valence-corrected chi connectivity index (χ1v) is 9.25. The maximum absolute atomic E-state index is 6.19. The Kier molecular flexibility index (Phi) is 5.14. The first kappa shape index (κ1) is 17.0. The molecule has 4 rings (SSSR count). The van der Waals surface area contributed by atoms with E-state index in [1.54, 1.807) is 0 Å². The van der Waals surface area contributed by atoms with Crippen LogP contribution in [0.1, 0.15) is 18.4 Å². The first-order valence-electron chi connectivity index (χ1n) is 9.25. The van der Waals surface area contributed by atoms with Gasteiger partial charge < -0.3 is 10.1 Å². The second-order valence-electron chi connectivity index (χ2n) is 7.01. The Morgan fingerprint density at radius 2 is 1.92 bits per heavy atom. The summed E-state index contributed by atoms with van der Waals surface area (Å²) in [6, 6.07) is 21.2. The molecule has 0 aliphatic carbocycles. The van der Waals surface area contributed by atoms with E-state index in [0.29, 0.717) is 12.6 Å². The molecule has 0 bridgehead atoms. The number of fused-ring (bicyclic) bond motifs is 1. The van der Waals surface area contributed by atoms with Crippen molar-refractivity contribution in [2.75, 3.05) is 18.9 Å². The van der Waals surface area contributed by atoms with Gasteiger partial charge in [0, 0.05) is 24.4 Å². The predicted octanol–water partition coefficient (Wildman–Crippen LogP) is 4.28. The van der Waals surface area contributed by atoms with E-state index in [1.807, 2.05) is 24.4 Å². The van der Waals surface area contributed by atoms with E-state index >= 15 is 0 Å². The number of rotatable bonds is 5. The van der Waals surface area contributed by atoms with Crippen LogP contribution >= 0.6 is 0 Å². The minimum atomic E-state index is 0.134. The molecule has 2 heterocycles. The second kappa shape index (κ2) is 7.85. The van der Waals surface area contributed by atoms with Crippen LogP contribution in [0.3, 0.4) is 0 Å². The van der Waals surface area contributed by atoms with Gasteiger partial charge in [-0.25, -0.2) is 0 Å². The van der Waals surface area contributed by atoms with Crippen LogP contribution in [0.15, 0.2) is 66.9 Å². The Bertz CT molecular complexity index is 852. The van der Waals surface area contributed by atoms with Crippen molar-refractivity contribution in [1.29, 1.82) is 0 Å². The molecule has 134 valence electrons. The molecule has 2 aromatic carbocycles. The average molecular weight is 347 g/mol. The molecule has 1 N–H and O–H groups in total. The molecule has 1 fully saturated rings. The number of aromatic nitrogens is 1. The molecule has 1 aromatic heterocycles. The Morgan fingerprint density at radius 3 is 2.81 bits per heavy atom. The fraction of sp³-hybridized carbons (Fsp3) is 0.318. The summed E-state index contributed by atoms with van der Waals surface area (Å²) < 4.78 is 6.19. The van der Waals surface area contributed by atoms with Crippen molar-refractivity contribution in [3.63, 3.8) is 0 Å². The number of benzene rings is 2. The van der Waals surface area contributed by atoms with Gasteiger partial charge in [0.15, 0.2) is 0 Å². The van der Waals surface area contributed by atoms with Crippen LogP contribution in [0, 0.1) is 0 Å². The number of nitrogens with one attached hydrogen (secondary N) is 1. The molecule has 2 atom stereocenters. The first-order chi connectivity index (χ1) is 12.8. The molecule has 1 aliphatic heterocycles. The Balaban J connectivity index is 1.39. The van der Waals surface area contributed by atoms with Crippen molar-refractivity contribution < 1.29 is 4.74 Å². The van der Waals surface area contributed by atoms with Gasteiger partial charge in [-0.3, -0.25) is 9.88 Å². The van der Waals surface area contributed by atoms with Crippen LogP contribution in [0.2, 0.25) is 0 Å². The summed E-state index contributed by atoms with van der Waals surface area (Å²) in [5, 5.41) is 4.82. The molecule has 1 aliphatic rings. The lowest BCUT2D eigenvalue weighted by molar-refractivity contribution is -0.0787. The zero-order chi connectivity index (χ0) is 17.8. The van der Waals surface area contributed by atoms with Gasteiger partial charge in [0.05, 0.1) is 24.0 Å². The molecule has 0 amide bonds. The van der Waals surface area contributed by atoms with Crippen molar-refractivity contribution in [3.8, 4) is 0 Å². The van der Waals surface area contributed by atoms with Crippen molar-refractivity contribution in [2.24, 2.45) is 0 Å². The van der Waals surface area contributed by atoms with Crippen LogP contribution in [-0.2, 0) is 11.3 Å². The van der Waals surface area contributed by atoms with Crippen LogP contribution in [0.4, 0.5) is 5.69 Å². The minimum absolute atomic E-state index is 0.134. The highest BCUT2D eigenvalue weighted by atomic mass is 16.5. The summed E-state index contributed by atoms with van der Waals surface area (Å²) in [7, 11) is 2.14. The number of piperidine rings is 1. The second-order valence-corrected chi connectivity index (χ2v) is 7.01. The standard InChI is InChI=1S/C22H25N3O/c1-25-12-11-19(14-22(25)26-16-17-7-3-2-4-8-17)24-20-13-18-9-5-6-10-21(18)23-15-20/h2-10,13,15,19,22,24H,11-12,14,16H2,1H3. The highest BCUT2D eigenvalue weighted by molar-refractivity contribution is 5.81. The lowest BCUT2D eigenvalue weighted by Gasteiger charge is -2.37. The third-order valence-corrected chi connectivity index (χ3v) is 5.05. The summed E-state index contributed by atoms with van der Waals surface area (Å²) in [6.07, 6.45) is 4.14. The average Bonchev–Trinajstić information content (AvgIpc) is 2.69. The molecule has 0 radical (unpaired) electrons. The summed E-state index contributed by atoms with van der Waals surface area (Å²) in [6.45, 7) is 1.68. The van der Waals surface area contributed by atoms with E-state index in [-0.39, 0.29) is 6.23 Å². The predicted molar refractivity (Wildman–Crippen MR) is 106 cm³/mol. The number of pyridine rings is 1. The molecular weight excluding hydrogens is 322 g/mol. The van der Waals surface area contributed by atoms with Crippen molar-refractivity contribution in [1.82, 2.24) is 9.88 Å². The monoisotopic (exact) mass is 347 g/mol. The summed E-state index contributed by atoms with van der Waals surface area (Å²) in [4.78, 5) is 6.86. The molecule has 0 saturated carbocycles. The fourth-order valence-electron chi connectivity index (χ4n) is 3.52. The highest BCUT2D eigenvalue weighted by Gasteiger charge is 2.26. The van der Waals surface area contributed by atoms with Gasteiger partial charge in [-0.05, 0) is 31.2 Å². The molecule has 0 spiro atoms. The van der Waals surface area contributed by atoms with Gasteiger partial charge in [-0.15, -0.1) is 0 Å². The van der Waals surface area contributed by atoms with Crippen molar-refractivity contribution in [3.05, 3.63) is 72.4 Å². The molecule has 4 heteroatoms. The molecule has 2 unspecified atom stereocenters. The van der Waals surface area contributed by atoms with Crippen molar-refractivity contribution >= 4 is 16.6 Å². The molecule has 26 heavy (non-hydrogen) atoms. The minimum Gasteiger partial charge on any atom is -0.381 e. The van der Waals surface area contributed by atoms with Gasteiger partial charge in [0.25, 0.3) is 0 Å². The number of hydrogen-bond donors (Lipinski definition) is 1. The number of likely N-dealkylation sites (tertiary alicyclic amines) is 1. The number of ether oxygens (including phenoxy) is 1.